The van der Waals surface area contributed by atoms with E-state index in [1.54, 1.807) is 6.07 Å². The van der Waals surface area contributed by atoms with Crippen molar-refractivity contribution in [1.82, 2.24) is 5.32 Å². The molecule has 0 spiro atoms. The lowest BCUT2D eigenvalue weighted by Gasteiger charge is -2.23. The molecule has 0 bridgehead atoms. The molecule has 0 aliphatic carbocycles. The second-order valence-electron chi connectivity index (χ2n) is 6.04. The molecule has 0 saturated carbocycles. The van der Waals surface area contributed by atoms with Gasteiger partial charge in [0.25, 0.3) is 0 Å². The Labute approximate surface area is 123 Å². The smallest absolute Gasteiger partial charge is 0.308 e. The number of nitrogens with one attached hydrogen (secondary N) is 1. The Bertz CT molecular complexity index is 451. The fourth-order valence-electron chi connectivity index (χ4n) is 1.92. The molecule has 112 valence electrons. The van der Waals surface area contributed by atoms with Crippen LogP contribution in [0.5, 0.6) is 0 Å². The fourth-order valence-corrected chi connectivity index (χ4v) is 2.64. The number of rotatable bonds is 6. The molecule has 1 aromatic rings. The largest absolute Gasteiger partial charge is 0.481 e. The standard InChI is InChI=1S/C14H22N2O3S/c1-14(2,3)7-9(13(18)19)8-16-12(17)11(15)10-5-4-6-20-10/h4-6,9,11H,7-8,15H2,1-3H3,(H,16,17)(H,18,19). The van der Waals surface area contributed by atoms with Gasteiger partial charge < -0.3 is 16.2 Å². The molecule has 0 fully saturated rings. The normalized spacial score (nSPS) is 14.6. The van der Waals surface area contributed by atoms with E-state index in [0.717, 1.165) is 4.88 Å². The van der Waals surface area contributed by atoms with E-state index in [2.05, 4.69) is 5.32 Å². The molecule has 5 nitrogen and oxygen atoms in total. The van der Waals surface area contributed by atoms with Crippen LogP contribution in [0.25, 0.3) is 0 Å². The van der Waals surface area contributed by atoms with E-state index in [4.69, 9.17) is 5.73 Å². The van der Waals surface area contributed by atoms with E-state index in [1.165, 1.54) is 11.3 Å². The summed E-state index contributed by atoms with van der Waals surface area (Å²) in [6, 6.07) is 2.88. The number of hydrogen-bond donors (Lipinski definition) is 3. The summed E-state index contributed by atoms with van der Waals surface area (Å²) in [7, 11) is 0. The van der Waals surface area contributed by atoms with Crippen molar-refractivity contribution in [3.63, 3.8) is 0 Å². The van der Waals surface area contributed by atoms with E-state index in [1.807, 2.05) is 32.2 Å². The third kappa shape index (κ3) is 5.30. The van der Waals surface area contributed by atoms with Crippen molar-refractivity contribution in [1.29, 1.82) is 0 Å². The van der Waals surface area contributed by atoms with Crippen LogP contribution in [0.2, 0.25) is 0 Å². The van der Waals surface area contributed by atoms with Gasteiger partial charge in [-0.2, -0.15) is 0 Å². The molecule has 20 heavy (non-hydrogen) atoms. The Morgan fingerprint density at radius 1 is 1.45 bits per heavy atom. The summed E-state index contributed by atoms with van der Waals surface area (Å²) in [6.07, 6.45) is 0.497. The van der Waals surface area contributed by atoms with Gasteiger partial charge in [-0.25, -0.2) is 0 Å². The Morgan fingerprint density at radius 3 is 2.55 bits per heavy atom. The quantitative estimate of drug-likeness (QED) is 0.749. The predicted molar refractivity (Wildman–Crippen MR) is 79.5 cm³/mol. The average Bonchev–Trinajstić information content (AvgIpc) is 2.85. The lowest BCUT2D eigenvalue weighted by atomic mass is 9.84. The van der Waals surface area contributed by atoms with Gasteiger partial charge in [0.05, 0.1) is 5.92 Å². The first-order valence-corrected chi connectivity index (χ1v) is 7.38. The number of hydrogen-bond acceptors (Lipinski definition) is 4. The third-order valence-electron chi connectivity index (χ3n) is 2.86. The van der Waals surface area contributed by atoms with Gasteiger partial charge in [0.15, 0.2) is 0 Å². The Kier molecular flexibility index (Phi) is 5.71. The van der Waals surface area contributed by atoms with E-state index in [9.17, 15) is 14.7 Å². The first-order valence-electron chi connectivity index (χ1n) is 6.50. The predicted octanol–water partition coefficient (Wildman–Crippen LogP) is 2.00. The van der Waals surface area contributed by atoms with Gasteiger partial charge in [-0.05, 0) is 23.3 Å². The highest BCUT2D eigenvalue weighted by molar-refractivity contribution is 7.10. The monoisotopic (exact) mass is 298 g/mol. The van der Waals surface area contributed by atoms with Gasteiger partial charge in [-0.1, -0.05) is 26.8 Å². The van der Waals surface area contributed by atoms with Gasteiger partial charge >= 0.3 is 5.97 Å². The number of carbonyl (C=O) groups excluding carboxylic acids is 1. The van der Waals surface area contributed by atoms with Crippen LogP contribution in [0.4, 0.5) is 0 Å². The summed E-state index contributed by atoms with van der Waals surface area (Å²) < 4.78 is 0. The Morgan fingerprint density at radius 2 is 2.10 bits per heavy atom. The minimum Gasteiger partial charge on any atom is -0.481 e. The molecule has 2 unspecified atom stereocenters. The molecule has 0 aromatic carbocycles. The lowest BCUT2D eigenvalue weighted by molar-refractivity contribution is -0.142. The van der Waals surface area contributed by atoms with E-state index >= 15 is 0 Å². The van der Waals surface area contributed by atoms with Crippen molar-refractivity contribution < 1.29 is 14.7 Å². The maximum absolute atomic E-state index is 11.9. The first kappa shape index (κ1) is 16.7. The van der Waals surface area contributed by atoms with Gasteiger partial charge in [0.2, 0.25) is 5.91 Å². The zero-order valence-corrected chi connectivity index (χ0v) is 12.9. The number of thiophene rings is 1. The SMILES string of the molecule is CC(C)(C)CC(CNC(=O)C(N)c1cccs1)C(=O)O. The molecule has 4 N–H and O–H groups in total. The zero-order chi connectivity index (χ0) is 15.3. The molecule has 6 heteroatoms. The van der Waals surface area contributed by atoms with Crippen LogP contribution in [0.1, 0.15) is 38.1 Å². The summed E-state index contributed by atoms with van der Waals surface area (Å²) in [4.78, 5) is 23.9. The molecule has 2 atom stereocenters. The van der Waals surface area contributed by atoms with E-state index in [0.29, 0.717) is 6.42 Å². The number of amides is 1. The number of carbonyl (C=O) groups is 2. The second-order valence-corrected chi connectivity index (χ2v) is 7.02. The summed E-state index contributed by atoms with van der Waals surface area (Å²) in [5.41, 5.74) is 5.72. The molecule has 0 aliphatic heterocycles. The van der Waals surface area contributed by atoms with Gasteiger partial charge in [-0.15, -0.1) is 11.3 Å². The van der Waals surface area contributed by atoms with Crippen molar-refractivity contribution in [3.05, 3.63) is 22.4 Å². The van der Waals surface area contributed by atoms with Crippen LogP contribution < -0.4 is 11.1 Å². The highest BCUT2D eigenvalue weighted by Gasteiger charge is 2.26. The van der Waals surface area contributed by atoms with Crippen LogP contribution in [-0.2, 0) is 9.59 Å². The number of aliphatic carboxylic acids is 1. The van der Waals surface area contributed by atoms with Gasteiger partial charge in [0.1, 0.15) is 6.04 Å². The zero-order valence-electron chi connectivity index (χ0n) is 12.1. The van der Waals surface area contributed by atoms with Crippen LogP contribution in [0, 0.1) is 11.3 Å². The Balaban J connectivity index is 2.55. The third-order valence-corrected chi connectivity index (χ3v) is 3.82. The fraction of sp³-hybridized carbons (Fsp3) is 0.571. The minimum atomic E-state index is -0.898. The average molecular weight is 298 g/mol. The van der Waals surface area contributed by atoms with Crippen LogP contribution >= 0.6 is 11.3 Å². The molecule has 1 aromatic heterocycles. The van der Waals surface area contributed by atoms with Crippen molar-refractivity contribution >= 4 is 23.2 Å². The highest BCUT2D eigenvalue weighted by Crippen LogP contribution is 2.24. The molecule has 0 aliphatic rings. The van der Waals surface area contributed by atoms with Crippen LogP contribution in [0.15, 0.2) is 17.5 Å². The van der Waals surface area contributed by atoms with Crippen LogP contribution in [-0.4, -0.2) is 23.5 Å². The van der Waals surface area contributed by atoms with Gasteiger partial charge in [0, 0.05) is 11.4 Å². The Hall–Kier alpha value is -1.40. The van der Waals surface area contributed by atoms with Crippen molar-refractivity contribution in [2.24, 2.45) is 17.1 Å². The van der Waals surface area contributed by atoms with E-state index in [-0.39, 0.29) is 17.9 Å². The van der Waals surface area contributed by atoms with Crippen LogP contribution in [0.3, 0.4) is 0 Å². The minimum absolute atomic E-state index is 0.102. The summed E-state index contributed by atoms with van der Waals surface area (Å²) in [5, 5.41) is 13.7. The molecular formula is C14H22N2O3S. The maximum atomic E-state index is 11.9. The number of carboxylic acids is 1. The molecule has 1 rings (SSSR count). The second kappa shape index (κ2) is 6.85. The number of nitrogens with two attached hydrogens (primary N) is 1. The van der Waals surface area contributed by atoms with Gasteiger partial charge in [-0.3, -0.25) is 9.59 Å². The molecule has 0 saturated heterocycles. The van der Waals surface area contributed by atoms with E-state index < -0.39 is 17.9 Å². The topological polar surface area (TPSA) is 92.4 Å². The summed E-state index contributed by atoms with van der Waals surface area (Å²) >= 11 is 1.41. The molecular weight excluding hydrogens is 276 g/mol. The summed E-state index contributed by atoms with van der Waals surface area (Å²) in [6.45, 7) is 6.02. The maximum Gasteiger partial charge on any atom is 0.308 e. The first-order chi connectivity index (χ1) is 9.20. The van der Waals surface area contributed by atoms with Crippen molar-refractivity contribution in [3.8, 4) is 0 Å². The lowest BCUT2D eigenvalue weighted by Crippen LogP contribution is -2.39. The molecule has 1 heterocycles. The van der Waals surface area contributed by atoms with Crippen molar-refractivity contribution in [2.75, 3.05) is 6.54 Å². The molecule has 1 amide bonds. The number of carboxylic acid groups (broad SMARTS) is 1. The summed E-state index contributed by atoms with van der Waals surface area (Å²) in [5.74, 6) is -1.84. The van der Waals surface area contributed by atoms with Crippen molar-refractivity contribution in [2.45, 2.75) is 33.2 Å². The highest BCUT2D eigenvalue weighted by atomic mass is 32.1. The molecule has 0 radical (unpaired) electrons.